The van der Waals surface area contributed by atoms with Crippen LogP contribution in [0.4, 0.5) is 0 Å². The molecule has 0 rings (SSSR count). The molecule has 0 saturated carbocycles. The molecule has 0 saturated heterocycles. The van der Waals surface area contributed by atoms with Gasteiger partial charge in [-0.2, -0.15) is 12.6 Å². The zero-order valence-electron chi connectivity index (χ0n) is 7.66. The highest BCUT2D eigenvalue weighted by molar-refractivity contribution is 8.01. The third-order valence-corrected chi connectivity index (χ3v) is 2.84. The van der Waals surface area contributed by atoms with Crippen LogP contribution in [0.5, 0.6) is 0 Å². The van der Waals surface area contributed by atoms with E-state index in [1.54, 1.807) is 11.8 Å². The summed E-state index contributed by atoms with van der Waals surface area (Å²) in [5.74, 6) is 4.27. The number of hydrogen-bond acceptors (Lipinski definition) is 3. The zero-order chi connectivity index (χ0) is 9.94. The van der Waals surface area contributed by atoms with Crippen LogP contribution < -0.4 is 5.32 Å². The molecule has 0 fully saturated rings. The van der Waals surface area contributed by atoms with Crippen LogP contribution in [0.25, 0.3) is 0 Å². The van der Waals surface area contributed by atoms with Gasteiger partial charge in [0.25, 0.3) is 0 Å². The minimum absolute atomic E-state index is 0.126. The van der Waals surface area contributed by atoms with Crippen LogP contribution in [0.1, 0.15) is 19.3 Å². The molecule has 76 valence electrons. The summed E-state index contributed by atoms with van der Waals surface area (Å²) in [5.41, 5.74) is 0. The summed E-state index contributed by atoms with van der Waals surface area (Å²) < 4.78 is 0. The first-order chi connectivity index (χ1) is 6.31. The van der Waals surface area contributed by atoms with Gasteiger partial charge >= 0.3 is 0 Å². The van der Waals surface area contributed by atoms with Crippen LogP contribution >= 0.6 is 33.6 Å². The molecule has 0 aliphatic heterocycles. The Morgan fingerprint density at radius 3 is 3.00 bits per heavy atom. The predicted molar refractivity (Wildman–Crippen MR) is 67.2 cm³/mol. The standard InChI is InChI=1S/C8H16NOPS2/c10-8(9-7-11)3-1-5-13-6-2-4-12/h5H,1-4,6-7,11H2,(H-,9,10,12)/p+1. The lowest BCUT2D eigenvalue weighted by molar-refractivity contribution is -0.120. The van der Waals surface area contributed by atoms with Crippen molar-refractivity contribution >= 4 is 39.5 Å². The molecule has 0 heterocycles. The maximum Gasteiger partial charge on any atom is 0.224 e. The van der Waals surface area contributed by atoms with E-state index in [0.29, 0.717) is 12.7 Å². The molecular formula is C8H17NOPS2+. The highest BCUT2D eigenvalue weighted by Gasteiger charge is 2.05. The van der Waals surface area contributed by atoms with Gasteiger partial charge in [-0.05, 0) is 12.2 Å². The number of thioether (sulfide) groups is 1. The molecule has 0 aromatic heterocycles. The van der Waals surface area contributed by atoms with E-state index in [1.165, 1.54) is 0 Å². The van der Waals surface area contributed by atoms with Gasteiger partial charge in [-0.1, -0.05) is 0 Å². The highest BCUT2D eigenvalue weighted by atomic mass is 32.2. The maximum atomic E-state index is 11.0. The summed E-state index contributed by atoms with van der Waals surface area (Å²) >= 11 is 5.89. The number of carbonyl (C=O) groups excluding carboxylic acids is 1. The fourth-order valence-electron chi connectivity index (χ4n) is 0.707. The van der Waals surface area contributed by atoms with Crippen molar-refractivity contribution in [3.63, 3.8) is 0 Å². The van der Waals surface area contributed by atoms with E-state index < -0.39 is 0 Å². The second-order valence-electron chi connectivity index (χ2n) is 2.46. The molecule has 1 N–H and O–H groups in total. The zero-order valence-corrected chi connectivity index (χ0v) is 10.5. The molecule has 0 aliphatic rings. The molecule has 0 radical (unpaired) electrons. The average molecular weight is 238 g/mol. The first-order valence-corrected chi connectivity index (χ1v) is 6.82. The smallest absolute Gasteiger partial charge is 0.224 e. The van der Waals surface area contributed by atoms with E-state index in [9.17, 15) is 4.79 Å². The van der Waals surface area contributed by atoms with Crippen molar-refractivity contribution in [1.29, 1.82) is 0 Å². The van der Waals surface area contributed by atoms with Gasteiger partial charge in [-0.25, -0.2) is 0 Å². The SMILES string of the molecule is O=C(CC[CH+]SCCCS)NCP. The van der Waals surface area contributed by atoms with Gasteiger partial charge in [0.1, 0.15) is 12.2 Å². The number of thiol groups is 1. The first kappa shape index (κ1) is 13.5. The third-order valence-electron chi connectivity index (χ3n) is 1.33. The minimum Gasteiger partial charge on any atom is -0.353 e. The van der Waals surface area contributed by atoms with Gasteiger partial charge in [0, 0.05) is 12.0 Å². The fraction of sp³-hybridized carbons (Fsp3) is 0.750. The van der Waals surface area contributed by atoms with Crippen molar-refractivity contribution in [2.75, 3.05) is 17.8 Å². The molecule has 0 aliphatic carbocycles. The Kier molecular flexibility index (Phi) is 10.9. The van der Waals surface area contributed by atoms with Crippen molar-refractivity contribution in [1.82, 2.24) is 5.32 Å². The van der Waals surface area contributed by atoms with Crippen molar-refractivity contribution in [2.24, 2.45) is 0 Å². The van der Waals surface area contributed by atoms with Gasteiger partial charge in [-0.3, -0.25) is 4.79 Å². The first-order valence-electron chi connectivity index (χ1n) is 4.32. The molecule has 0 bridgehead atoms. The largest absolute Gasteiger partial charge is 0.353 e. The van der Waals surface area contributed by atoms with Gasteiger partial charge in [0.2, 0.25) is 5.91 Å². The van der Waals surface area contributed by atoms with Crippen LogP contribution in [-0.2, 0) is 4.79 Å². The van der Waals surface area contributed by atoms with Gasteiger partial charge in [-0.15, -0.1) is 9.24 Å². The summed E-state index contributed by atoms with van der Waals surface area (Å²) in [6.45, 7) is 0. The van der Waals surface area contributed by atoms with E-state index in [4.69, 9.17) is 0 Å². The fourth-order valence-corrected chi connectivity index (χ4v) is 2.07. The maximum absolute atomic E-state index is 11.0. The molecule has 1 amide bonds. The van der Waals surface area contributed by atoms with Crippen molar-refractivity contribution in [2.45, 2.75) is 19.3 Å². The summed E-state index contributed by atoms with van der Waals surface area (Å²) in [7, 11) is 2.47. The number of carbonyl (C=O) groups is 1. The summed E-state index contributed by atoms with van der Waals surface area (Å²) in [4.78, 5) is 11.0. The van der Waals surface area contributed by atoms with Crippen LogP contribution in [-0.4, -0.2) is 23.7 Å². The number of amides is 1. The van der Waals surface area contributed by atoms with Gasteiger partial charge in [0.05, 0.1) is 18.2 Å². The van der Waals surface area contributed by atoms with Gasteiger partial charge < -0.3 is 5.32 Å². The summed E-state index contributed by atoms with van der Waals surface area (Å²) in [6.07, 6.45) is 3.23. The Balaban J connectivity index is 3.02. The Hall–Kier alpha value is 0.470. The number of rotatable bonds is 8. The number of nitrogens with one attached hydrogen (secondary N) is 1. The molecular weight excluding hydrogens is 221 g/mol. The molecule has 1 unspecified atom stereocenters. The molecule has 0 spiro atoms. The monoisotopic (exact) mass is 238 g/mol. The normalized spacial score (nSPS) is 9.69. The minimum atomic E-state index is 0.126. The summed E-state index contributed by atoms with van der Waals surface area (Å²) in [6, 6.07) is 0. The van der Waals surface area contributed by atoms with E-state index in [2.05, 4.69) is 32.9 Å². The van der Waals surface area contributed by atoms with Crippen LogP contribution in [0, 0.1) is 5.75 Å². The Morgan fingerprint density at radius 2 is 2.38 bits per heavy atom. The lowest BCUT2D eigenvalue weighted by Gasteiger charge is -1.96. The van der Waals surface area contributed by atoms with Crippen LogP contribution in [0.2, 0.25) is 0 Å². The van der Waals surface area contributed by atoms with Gasteiger partial charge in [0.15, 0.2) is 0 Å². The molecule has 2 nitrogen and oxygen atoms in total. The Labute approximate surface area is 92.6 Å². The molecule has 1 atom stereocenters. The van der Waals surface area contributed by atoms with E-state index in [0.717, 1.165) is 24.3 Å². The second kappa shape index (κ2) is 10.6. The van der Waals surface area contributed by atoms with Crippen molar-refractivity contribution < 1.29 is 4.79 Å². The van der Waals surface area contributed by atoms with E-state index in [1.807, 2.05) is 0 Å². The molecule has 13 heavy (non-hydrogen) atoms. The quantitative estimate of drug-likeness (QED) is 0.293. The van der Waals surface area contributed by atoms with Crippen LogP contribution in [0.3, 0.4) is 0 Å². The highest BCUT2D eigenvalue weighted by Crippen LogP contribution is 2.11. The van der Waals surface area contributed by atoms with Crippen molar-refractivity contribution in [3.05, 3.63) is 5.75 Å². The number of hydrogen-bond donors (Lipinski definition) is 2. The average Bonchev–Trinajstić information content (AvgIpc) is 2.11. The molecule has 0 aromatic carbocycles. The topological polar surface area (TPSA) is 29.1 Å². The molecule has 5 heteroatoms. The lowest BCUT2D eigenvalue weighted by Crippen LogP contribution is -2.20. The molecule has 0 aromatic rings. The van der Waals surface area contributed by atoms with Crippen molar-refractivity contribution in [3.8, 4) is 0 Å². The Morgan fingerprint density at radius 1 is 1.62 bits per heavy atom. The van der Waals surface area contributed by atoms with Crippen LogP contribution in [0.15, 0.2) is 0 Å². The Bertz CT molecular complexity index is 135. The summed E-state index contributed by atoms with van der Waals surface area (Å²) in [5, 5.41) is 2.73. The van der Waals surface area contributed by atoms with E-state index >= 15 is 0 Å². The third kappa shape index (κ3) is 10.4. The van der Waals surface area contributed by atoms with E-state index in [-0.39, 0.29) is 5.91 Å². The predicted octanol–water partition coefficient (Wildman–Crippen LogP) is 1.93. The second-order valence-corrected chi connectivity index (χ2v) is 4.39. The lowest BCUT2D eigenvalue weighted by atomic mass is 10.3.